The third-order valence-electron chi connectivity index (χ3n) is 4.02. The van der Waals surface area contributed by atoms with Crippen LogP contribution in [0.1, 0.15) is 22.8 Å². The van der Waals surface area contributed by atoms with Gasteiger partial charge in [0.25, 0.3) is 11.6 Å². The topological polar surface area (TPSA) is 107 Å². The number of nitro benzene ring substituents is 1. The molecule has 1 aromatic heterocycles. The first-order valence-corrected chi connectivity index (χ1v) is 8.61. The van der Waals surface area contributed by atoms with Crippen LogP contribution in [0.15, 0.2) is 54.6 Å². The number of rotatable bonds is 6. The number of hydrogen-bond acceptors (Lipinski definition) is 6. The van der Waals surface area contributed by atoms with E-state index in [-0.39, 0.29) is 11.3 Å². The molecule has 0 radical (unpaired) electrons. The van der Waals surface area contributed by atoms with E-state index in [9.17, 15) is 14.9 Å². The predicted octanol–water partition coefficient (Wildman–Crippen LogP) is 4.01. The summed E-state index contributed by atoms with van der Waals surface area (Å²) in [5.41, 5.74) is 2.56. The molecular formula is C20H18N4O4. The Morgan fingerprint density at radius 2 is 1.96 bits per heavy atom. The highest BCUT2D eigenvalue weighted by Crippen LogP contribution is 2.23. The van der Waals surface area contributed by atoms with Crippen LogP contribution < -0.4 is 10.1 Å². The fourth-order valence-corrected chi connectivity index (χ4v) is 2.61. The van der Waals surface area contributed by atoms with Crippen molar-refractivity contribution in [2.75, 3.05) is 11.9 Å². The van der Waals surface area contributed by atoms with Crippen molar-refractivity contribution in [3.63, 3.8) is 0 Å². The number of ether oxygens (including phenoxy) is 1. The Morgan fingerprint density at radius 1 is 1.14 bits per heavy atom. The third-order valence-corrected chi connectivity index (χ3v) is 4.02. The number of aryl methyl sites for hydroxylation is 1. The monoisotopic (exact) mass is 378 g/mol. The highest BCUT2D eigenvalue weighted by molar-refractivity contribution is 6.05. The van der Waals surface area contributed by atoms with Crippen molar-refractivity contribution in [1.29, 1.82) is 0 Å². The zero-order chi connectivity index (χ0) is 20.1. The van der Waals surface area contributed by atoms with Crippen LogP contribution in [0.3, 0.4) is 0 Å². The minimum atomic E-state index is -0.503. The number of amides is 1. The molecule has 1 N–H and O–H groups in total. The van der Waals surface area contributed by atoms with Crippen LogP contribution in [0.5, 0.6) is 5.88 Å². The summed E-state index contributed by atoms with van der Waals surface area (Å²) >= 11 is 0. The first kappa shape index (κ1) is 19.0. The zero-order valence-electron chi connectivity index (χ0n) is 15.4. The summed E-state index contributed by atoms with van der Waals surface area (Å²) < 4.78 is 5.28. The first-order chi connectivity index (χ1) is 13.5. The molecule has 0 fully saturated rings. The van der Waals surface area contributed by atoms with E-state index in [0.29, 0.717) is 29.4 Å². The third kappa shape index (κ3) is 4.29. The van der Waals surface area contributed by atoms with Crippen molar-refractivity contribution >= 4 is 17.3 Å². The molecule has 0 aliphatic rings. The van der Waals surface area contributed by atoms with E-state index in [1.54, 1.807) is 49.4 Å². The van der Waals surface area contributed by atoms with E-state index in [0.717, 1.165) is 5.56 Å². The Kier molecular flexibility index (Phi) is 5.59. The molecule has 0 saturated carbocycles. The lowest BCUT2D eigenvalue weighted by molar-refractivity contribution is -0.385. The second kappa shape index (κ2) is 8.26. The maximum absolute atomic E-state index is 12.5. The van der Waals surface area contributed by atoms with Gasteiger partial charge in [-0.05, 0) is 38.1 Å². The Bertz CT molecular complexity index is 1020. The van der Waals surface area contributed by atoms with Crippen molar-refractivity contribution in [3.8, 4) is 17.1 Å². The lowest BCUT2D eigenvalue weighted by atomic mass is 10.1. The van der Waals surface area contributed by atoms with Gasteiger partial charge in [-0.25, -0.2) is 0 Å². The molecule has 0 atom stereocenters. The van der Waals surface area contributed by atoms with Crippen LogP contribution in [0.25, 0.3) is 11.3 Å². The van der Waals surface area contributed by atoms with Gasteiger partial charge in [0.2, 0.25) is 5.88 Å². The van der Waals surface area contributed by atoms with Gasteiger partial charge in [-0.15, -0.1) is 10.2 Å². The molecule has 0 bridgehead atoms. The summed E-state index contributed by atoms with van der Waals surface area (Å²) in [7, 11) is 0. The summed E-state index contributed by atoms with van der Waals surface area (Å²) in [6.07, 6.45) is 0. The number of nitrogens with zero attached hydrogens (tertiary/aromatic N) is 3. The van der Waals surface area contributed by atoms with Gasteiger partial charge >= 0.3 is 0 Å². The molecule has 2 aromatic carbocycles. The normalized spacial score (nSPS) is 10.4. The Labute approximate surface area is 161 Å². The summed E-state index contributed by atoms with van der Waals surface area (Å²) in [6.45, 7) is 4.00. The smallest absolute Gasteiger partial charge is 0.273 e. The molecule has 1 amide bonds. The fraction of sp³-hybridized carbons (Fsp3) is 0.150. The van der Waals surface area contributed by atoms with Gasteiger partial charge < -0.3 is 10.1 Å². The number of benzene rings is 2. The standard InChI is InChI=1S/C20H18N4O4/c1-3-28-19-10-9-17(22-23-19)14-5-4-6-16(11-14)21-20(25)15-8-7-13(2)18(12-15)24(26)27/h4-12H,3H2,1-2H3,(H,21,25). The minimum absolute atomic E-state index is 0.0916. The van der Waals surface area contributed by atoms with Gasteiger partial charge in [-0.3, -0.25) is 14.9 Å². The molecule has 0 aliphatic heterocycles. The maximum atomic E-state index is 12.5. The van der Waals surface area contributed by atoms with Gasteiger partial charge in [0, 0.05) is 34.5 Å². The Hall–Kier alpha value is -3.81. The summed E-state index contributed by atoms with van der Waals surface area (Å²) in [6, 6.07) is 15.0. The molecular weight excluding hydrogens is 360 g/mol. The molecule has 142 valence electrons. The lowest BCUT2D eigenvalue weighted by Crippen LogP contribution is -2.12. The largest absolute Gasteiger partial charge is 0.477 e. The zero-order valence-corrected chi connectivity index (χ0v) is 15.4. The minimum Gasteiger partial charge on any atom is -0.477 e. The van der Waals surface area contributed by atoms with Gasteiger partial charge in [0.05, 0.1) is 17.2 Å². The summed E-state index contributed by atoms with van der Waals surface area (Å²) in [5.74, 6) is 0.00898. The van der Waals surface area contributed by atoms with E-state index in [2.05, 4.69) is 15.5 Å². The second-order valence-corrected chi connectivity index (χ2v) is 5.98. The van der Waals surface area contributed by atoms with E-state index in [1.165, 1.54) is 6.07 Å². The van der Waals surface area contributed by atoms with Gasteiger partial charge in [0.1, 0.15) is 0 Å². The molecule has 8 nitrogen and oxygen atoms in total. The van der Waals surface area contributed by atoms with Crippen LogP contribution in [-0.2, 0) is 0 Å². The average Bonchev–Trinajstić information content (AvgIpc) is 2.69. The number of anilines is 1. The van der Waals surface area contributed by atoms with Crippen molar-refractivity contribution in [2.45, 2.75) is 13.8 Å². The molecule has 0 spiro atoms. The number of carbonyl (C=O) groups excluding carboxylic acids is 1. The van der Waals surface area contributed by atoms with Gasteiger partial charge in [0.15, 0.2) is 0 Å². The Balaban J connectivity index is 1.80. The lowest BCUT2D eigenvalue weighted by Gasteiger charge is -2.08. The van der Waals surface area contributed by atoms with Crippen molar-refractivity contribution < 1.29 is 14.5 Å². The highest BCUT2D eigenvalue weighted by Gasteiger charge is 2.15. The SMILES string of the molecule is CCOc1ccc(-c2cccc(NC(=O)c3ccc(C)c([N+](=O)[O-])c3)c2)nn1. The van der Waals surface area contributed by atoms with Gasteiger partial charge in [-0.2, -0.15) is 0 Å². The molecule has 3 rings (SSSR count). The summed E-state index contributed by atoms with van der Waals surface area (Å²) in [5, 5.41) is 21.9. The highest BCUT2D eigenvalue weighted by atomic mass is 16.6. The molecule has 1 heterocycles. The number of nitrogens with one attached hydrogen (secondary N) is 1. The fourth-order valence-electron chi connectivity index (χ4n) is 2.61. The van der Waals surface area contributed by atoms with E-state index >= 15 is 0 Å². The van der Waals surface area contributed by atoms with Crippen LogP contribution in [-0.4, -0.2) is 27.6 Å². The number of carbonyl (C=O) groups is 1. The molecule has 0 unspecified atom stereocenters. The van der Waals surface area contributed by atoms with Crippen LogP contribution in [0.2, 0.25) is 0 Å². The quantitative estimate of drug-likeness (QED) is 0.513. The number of hydrogen-bond donors (Lipinski definition) is 1. The first-order valence-electron chi connectivity index (χ1n) is 8.61. The number of nitro groups is 1. The van der Waals surface area contributed by atoms with Crippen molar-refractivity contribution in [3.05, 3.63) is 75.8 Å². The molecule has 0 saturated heterocycles. The van der Waals surface area contributed by atoms with Crippen molar-refractivity contribution in [1.82, 2.24) is 10.2 Å². The molecule has 3 aromatic rings. The van der Waals surface area contributed by atoms with E-state index in [1.807, 2.05) is 13.0 Å². The molecule has 28 heavy (non-hydrogen) atoms. The van der Waals surface area contributed by atoms with Crippen LogP contribution in [0, 0.1) is 17.0 Å². The van der Waals surface area contributed by atoms with Crippen LogP contribution in [0.4, 0.5) is 11.4 Å². The van der Waals surface area contributed by atoms with Gasteiger partial charge in [-0.1, -0.05) is 18.2 Å². The number of aromatic nitrogens is 2. The maximum Gasteiger partial charge on any atom is 0.273 e. The Morgan fingerprint density at radius 3 is 2.64 bits per heavy atom. The molecule has 8 heteroatoms. The second-order valence-electron chi connectivity index (χ2n) is 5.98. The predicted molar refractivity (Wildman–Crippen MR) is 104 cm³/mol. The van der Waals surface area contributed by atoms with Crippen molar-refractivity contribution in [2.24, 2.45) is 0 Å². The molecule has 0 aliphatic carbocycles. The van der Waals surface area contributed by atoms with Crippen LogP contribution >= 0.6 is 0 Å². The average molecular weight is 378 g/mol. The summed E-state index contributed by atoms with van der Waals surface area (Å²) in [4.78, 5) is 23.1. The van der Waals surface area contributed by atoms with E-state index < -0.39 is 10.8 Å². The van der Waals surface area contributed by atoms with E-state index in [4.69, 9.17) is 4.74 Å².